The Morgan fingerprint density at radius 3 is 2.33 bits per heavy atom. The van der Waals surface area contributed by atoms with Crippen LogP contribution in [0.2, 0.25) is 0 Å². The fraction of sp³-hybridized carbons (Fsp3) is 0.727. The zero-order valence-corrected chi connectivity index (χ0v) is 10.7. The molecule has 0 spiro atoms. The van der Waals surface area contributed by atoms with Crippen LogP contribution in [-0.2, 0) is 14.4 Å². The number of hydrogen-bond donors (Lipinski definition) is 4. The van der Waals surface area contributed by atoms with Crippen molar-refractivity contribution in [2.45, 2.75) is 45.2 Å². The third-order valence-corrected chi connectivity index (χ3v) is 2.40. The lowest BCUT2D eigenvalue weighted by Gasteiger charge is -2.18. The van der Waals surface area contributed by atoms with Gasteiger partial charge in [-0.1, -0.05) is 6.92 Å². The molecule has 0 aromatic heterocycles. The Kier molecular flexibility index (Phi) is 7.69. The van der Waals surface area contributed by atoms with E-state index >= 15 is 0 Å². The molecule has 0 fully saturated rings. The van der Waals surface area contributed by atoms with Gasteiger partial charge in [-0.15, -0.1) is 0 Å². The van der Waals surface area contributed by atoms with Gasteiger partial charge in [0.2, 0.25) is 11.8 Å². The average molecular weight is 259 g/mol. The van der Waals surface area contributed by atoms with E-state index in [-0.39, 0.29) is 18.7 Å². The Morgan fingerprint density at radius 1 is 1.28 bits per heavy atom. The van der Waals surface area contributed by atoms with E-state index < -0.39 is 24.0 Å². The summed E-state index contributed by atoms with van der Waals surface area (Å²) in [4.78, 5) is 33.6. The maximum Gasteiger partial charge on any atom is 0.326 e. The van der Waals surface area contributed by atoms with Crippen molar-refractivity contribution < 1.29 is 19.5 Å². The van der Waals surface area contributed by atoms with Gasteiger partial charge in [0, 0.05) is 6.42 Å². The number of carboxylic acid groups (broad SMARTS) is 1. The van der Waals surface area contributed by atoms with Gasteiger partial charge in [0.05, 0.1) is 0 Å². The lowest BCUT2D eigenvalue weighted by atomic mass is 10.1. The van der Waals surface area contributed by atoms with Crippen LogP contribution in [0.15, 0.2) is 0 Å². The monoisotopic (exact) mass is 259 g/mol. The summed E-state index contributed by atoms with van der Waals surface area (Å²) < 4.78 is 0. The predicted molar refractivity (Wildman–Crippen MR) is 65.8 cm³/mol. The second-order valence-corrected chi connectivity index (χ2v) is 3.97. The van der Waals surface area contributed by atoms with Crippen LogP contribution in [0.25, 0.3) is 0 Å². The van der Waals surface area contributed by atoms with E-state index in [0.29, 0.717) is 13.0 Å². The van der Waals surface area contributed by atoms with Crippen molar-refractivity contribution in [3.63, 3.8) is 0 Å². The van der Waals surface area contributed by atoms with Gasteiger partial charge in [-0.05, 0) is 26.3 Å². The molecule has 104 valence electrons. The Hall–Kier alpha value is -1.63. The van der Waals surface area contributed by atoms with Crippen molar-refractivity contribution in [2.24, 2.45) is 5.73 Å². The predicted octanol–water partition coefficient (Wildman–Crippen LogP) is -0.791. The lowest BCUT2D eigenvalue weighted by Crippen LogP contribution is -2.50. The summed E-state index contributed by atoms with van der Waals surface area (Å²) >= 11 is 0. The molecule has 0 radical (unpaired) electrons. The second-order valence-electron chi connectivity index (χ2n) is 3.97. The summed E-state index contributed by atoms with van der Waals surface area (Å²) in [7, 11) is 0. The van der Waals surface area contributed by atoms with Crippen LogP contribution < -0.4 is 16.4 Å². The van der Waals surface area contributed by atoms with Gasteiger partial charge in [-0.2, -0.15) is 0 Å². The zero-order valence-electron chi connectivity index (χ0n) is 10.7. The molecule has 2 amide bonds. The molecular weight excluding hydrogens is 238 g/mol. The molecule has 0 saturated heterocycles. The standard InChI is InChI=1S/C11H21N3O4/c1-3-9(15)13-7(2)10(16)14-8(11(17)18)5-4-6-12/h7-8H,3-6,12H2,1-2H3,(H,13,15)(H,14,16)(H,17,18)/t7-,8+/m0/s1. The molecule has 0 aliphatic heterocycles. The van der Waals surface area contributed by atoms with E-state index in [2.05, 4.69) is 10.6 Å². The third kappa shape index (κ3) is 6.19. The van der Waals surface area contributed by atoms with Crippen molar-refractivity contribution in [3.8, 4) is 0 Å². The number of rotatable bonds is 8. The van der Waals surface area contributed by atoms with Crippen LogP contribution in [0.4, 0.5) is 0 Å². The van der Waals surface area contributed by atoms with Crippen LogP contribution >= 0.6 is 0 Å². The van der Waals surface area contributed by atoms with E-state index in [1.807, 2.05) is 0 Å². The summed E-state index contributed by atoms with van der Waals surface area (Å²) in [6.07, 6.45) is 1.05. The molecular formula is C11H21N3O4. The molecule has 5 N–H and O–H groups in total. The van der Waals surface area contributed by atoms with E-state index in [1.165, 1.54) is 6.92 Å². The normalized spacial score (nSPS) is 13.5. The Bertz CT molecular complexity index is 307. The van der Waals surface area contributed by atoms with Crippen molar-refractivity contribution in [1.29, 1.82) is 0 Å². The molecule has 18 heavy (non-hydrogen) atoms. The topological polar surface area (TPSA) is 122 Å². The molecule has 2 atom stereocenters. The first-order valence-corrected chi connectivity index (χ1v) is 5.95. The zero-order chi connectivity index (χ0) is 14.1. The smallest absolute Gasteiger partial charge is 0.326 e. The second kappa shape index (κ2) is 8.46. The first kappa shape index (κ1) is 16.4. The SMILES string of the molecule is CCC(=O)N[C@@H](C)C(=O)N[C@H](CCCN)C(=O)O. The number of amides is 2. The minimum atomic E-state index is -1.11. The van der Waals surface area contributed by atoms with Gasteiger partial charge in [-0.3, -0.25) is 9.59 Å². The first-order valence-electron chi connectivity index (χ1n) is 5.95. The van der Waals surface area contributed by atoms with Crippen LogP contribution in [0, 0.1) is 0 Å². The molecule has 7 nitrogen and oxygen atoms in total. The molecule has 0 aromatic rings. The summed E-state index contributed by atoms with van der Waals surface area (Å²) in [5, 5.41) is 13.7. The van der Waals surface area contributed by atoms with Gasteiger partial charge in [0.15, 0.2) is 0 Å². The number of nitrogens with two attached hydrogens (primary N) is 1. The van der Waals surface area contributed by atoms with Crippen LogP contribution in [0.3, 0.4) is 0 Å². The molecule has 0 heterocycles. The van der Waals surface area contributed by atoms with Crippen molar-refractivity contribution in [2.75, 3.05) is 6.54 Å². The van der Waals surface area contributed by atoms with Gasteiger partial charge < -0.3 is 21.5 Å². The fourth-order valence-electron chi connectivity index (χ4n) is 1.29. The number of carbonyl (C=O) groups excluding carboxylic acids is 2. The maximum absolute atomic E-state index is 11.7. The molecule has 0 unspecified atom stereocenters. The Morgan fingerprint density at radius 2 is 1.89 bits per heavy atom. The number of nitrogens with one attached hydrogen (secondary N) is 2. The lowest BCUT2D eigenvalue weighted by molar-refractivity contribution is -0.142. The van der Waals surface area contributed by atoms with Gasteiger partial charge in [-0.25, -0.2) is 4.79 Å². The highest BCUT2D eigenvalue weighted by atomic mass is 16.4. The van der Waals surface area contributed by atoms with Crippen molar-refractivity contribution >= 4 is 17.8 Å². The van der Waals surface area contributed by atoms with E-state index in [9.17, 15) is 14.4 Å². The van der Waals surface area contributed by atoms with E-state index in [0.717, 1.165) is 0 Å². The number of carboxylic acids is 1. The minimum absolute atomic E-state index is 0.258. The number of aliphatic carboxylic acids is 1. The van der Waals surface area contributed by atoms with E-state index in [4.69, 9.17) is 10.8 Å². The highest BCUT2D eigenvalue weighted by Gasteiger charge is 2.22. The van der Waals surface area contributed by atoms with Crippen LogP contribution in [0.5, 0.6) is 0 Å². The summed E-state index contributed by atoms with van der Waals surface area (Å²) in [5.74, 6) is -1.88. The quantitative estimate of drug-likeness (QED) is 0.455. The summed E-state index contributed by atoms with van der Waals surface area (Å²) in [5.41, 5.74) is 5.29. The van der Waals surface area contributed by atoms with Gasteiger partial charge >= 0.3 is 5.97 Å². The van der Waals surface area contributed by atoms with Crippen LogP contribution in [-0.4, -0.2) is 41.5 Å². The molecule has 0 aliphatic carbocycles. The highest BCUT2D eigenvalue weighted by molar-refractivity contribution is 5.89. The molecule has 0 saturated carbocycles. The number of hydrogen-bond acceptors (Lipinski definition) is 4. The number of carbonyl (C=O) groups is 3. The van der Waals surface area contributed by atoms with Gasteiger partial charge in [0.1, 0.15) is 12.1 Å². The van der Waals surface area contributed by atoms with E-state index in [1.54, 1.807) is 6.92 Å². The highest BCUT2D eigenvalue weighted by Crippen LogP contribution is 1.98. The fourth-order valence-corrected chi connectivity index (χ4v) is 1.29. The molecule has 0 aromatic carbocycles. The first-order chi connectivity index (χ1) is 8.42. The third-order valence-electron chi connectivity index (χ3n) is 2.40. The molecule has 0 aliphatic rings. The molecule has 0 rings (SSSR count). The molecule has 7 heteroatoms. The minimum Gasteiger partial charge on any atom is -0.480 e. The average Bonchev–Trinajstić information content (AvgIpc) is 2.33. The molecule has 0 bridgehead atoms. The van der Waals surface area contributed by atoms with Crippen molar-refractivity contribution in [1.82, 2.24) is 10.6 Å². The Balaban J connectivity index is 4.31. The summed E-state index contributed by atoms with van der Waals surface area (Å²) in [6, 6.07) is -1.72. The van der Waals surface area contributed by atoms with Crippen molar-refractivity contribution in [3.05, 3.63) is 0 Å². The Labute approximate surface area is 106 Å². The summed E-state index contributed by atoms with van der Waals surface area (Å²) in [6.45, 7) is 3.54. The maximum atomic E-state index is 11.7. The van der Waals surface area contributed by atoms with Gasteiger partial charge in [0.25, 0.3) is 0 Å². The largest absolute Gasteiger partial charge is 0.480 e. The van der Waals surface area contributed by atoms with Crippen LogP contribution in [0.1, 0.15) is 33.1 Å².